The van der Waals surface area contributed by atoms with Crippen molar-refractivity contribution < 1.29 is 5.11 Å². The second kappa shape index (κ2) is 6.85. The smallest absolute Gasteiger partial charge is 0.0769 e. The quantitative estimate of drug-likeness (QED) is 0.890. The molecule has 3 rings (SSSR count). The van der Waals surface area contributed by atoms with Gasteiger partial charge in [-0.1, -0.05) is 18.2 Å². The molecule has 0 bridgehead atoms. The maximum absolute atomic E-state index is 8.96. The lowest BCUT2D eigenvalue weighted by molar-refractivity contribution is 0.107. The summed E-state index contributed by atoms with van der Waals surface area (Å²) in [4.78, 5) is 4.73. The SMILES string of the molecule is OCCN1CCN(Cc2ccn(-c3ccccc3)n2)CC1. The maximum Gasteiger partial charge on any atom is 0.0769 e. The molecule has 0 radical (unpaired) electrons. The first-order valence-electron chi connectivity index (χ1n) is 7.51. The maximum atomic E-state index is 8.96. The number of rotatable bonds is 5. The van der Waals surface area contributed by atoms with Crippen molar-refractivity contribution >= 4 is 0 Å². The Morgan fingerprint density at radius 1 is 0.952 bits per heavy atom. The van der Waals surface area contributed by atoms with Gasteiger partial charge in [-0.05, 0) is 18.2 Å². The lowest BCUT2D eigenvalue weighted by atomic mass is 10.3. The van der Waals surface area contributed by atoms with E-state index in [0.717, 1.165) is 50.6 Å². The summed E-state index contributed by atoms with van der Waals surface area (Å²) in [7, 11) is 0. The van der Waals surface area contributed by atoms with Crippen LogP contribution in [-0.2, 0) is 6.54 Å². The number of para-hydroxylation sites is 1. The highest BCUT2D eigenvalue weighted by molar-refractivity contribution is 5.30. The molecule has 1 aliphatic rings. The molecular formula is C16H22N4O. The van der Waals surface area contributed by atoms with Gasteiger partial charge in [0.25, 0.3) is 0 Å². The minimum atomic E-state index is 0.251. The first kappa shape index (κ1) is 14.3. The van der Waals surface area contributed by atoms with Gasteiger partial charge in [0, 0.05) is 45.5 Å². The fourth-order valence-corrected chi connectivity index (χ4v) is 2.71. The van der Waals surface area contributed by atoms with E-state index in [1.165, 1.54) is 0 Å². The summed E-state index contributed by atoms with van der Waals surface area (Å²) in [5.74, 6) is 0. The van der Waals surface area contributed by atoms with Gasteiger partial charge in [0.05, 0.1) is 18.0 Å². The molecule has 0 saturated carbocycles. The molecule has 2 heterocycles. The third kappa shape index (κ3) is 3.69. The number of piperazine rings is 1. The minimum Gasteiger partial charge on any atom is -0.395 e. The molecule has 1 N–H and O–H groups in total. The molecule has 1 aromatic heterocycles. The topological polar surface area (TPSA) is 44.5 Å². The fraction of sp³-hybridized carbons (Fsp3) is 0.438. The Morgan fingerprint density at radius 3 is 2.38 bits per heavy atom. The van der Waals surface area contributed by atoms with Gasteiger partial charge in [-0.2, -0.15) is 5.10 Å². The van der Waals surface area contributed by atoms with E-state index in [2.05, 4.69) is 33.1 Å². The third-order valence-corrected chi connectivity index (χ3v) is 3.93. The number of β-amino-alcohol motifs (C(OH)–C–C–N with tert-alkyl or cyclic N) is 1. The van der Waals surface area contributed by atoms with Gasteiger partial charge in [-0.25, -0.2) is 4.68 Å². The van der Waals surface area contributed by atoms with Gasteiger partial charge in [0.1, 0.15) is 0 Å². The van der Waals surface area contributed by atoms with Crippen molar-refractivity contribution in [3.05, 3.63) is 48.3 Å². The van der Waals surface area contributed by atoms with Crippen LogP contribution in [0.25, 0.3) is 5.69 Å². The highest BCUT2D eigenvalue weighted by Gasteiger charge is 2.17. The monoisotopic (exact) mass is 286 g/mol. The average molecular weight is 286 g/mol. The van der Waals surface area contributed by atoms with Crippen LogP contribution in [0.5, 0.6) is 0 Å². The predicted octanol–water partition coefficient (Wildman–Crippen LogP) is 0.982. The van der Waals surface area contributed by atoms with E-state index >= 15 is 0 Å². The molecule has 1 aromatic carbocycles. The van der Waals surface area contributed by atoms with E-state index in [-0.39, 0.29) is 6.61 Å². The number of hydrogen-bond donors (Lipinski definition) is 1. The molecule has 0 spiro atoms. The number of benzene rings is 1. The Hall–Kier alpha value is -1.69. The lowest BCUT2D eigenvalue weighted by Gasteiger charge is -2.33. The highest BCUT2D eigenvalue weighted by atomic mass is 16.3. The molecule has 0 unspecified atom stereocenters. The zero-order valence-electron chi connectivity index (χ0n) is 12.2. The Bertz CT molecular complexity index is 546. The number of hydrogen-bond acceptors (Lipinski definition) is 4. The summed E-state index contributed by atoms with van der Waals surface area (Å²) in [6.07, 6.45) is 2.02. The van der Waals surface area contributed by atoms with E-state index in [1.54, 1.807) is 0 Å². The molecule has 112 valence electrons. The molecule has 2 aromatic rings. The summed E-state index contributed by atoms with van der Waals surface area (Å²) < 4.78 is 1.93. The van der Waals surface area contributed by atoms with Gasteiger partial charge in [-0.3, -0.25) is 9.80 Å². The second-order valence-electron chi connectivity index (χ2n) is 5.43. The first-order valence-corrected chi connectivity index (χ1v) is 7.51. The van der Waals surface area contributed by atoms with E-state index in [1.807, 2.05) is 29.1 Å². The summed E-state index contributed by atoms with van der Waals surface area (Å²) in [6.45, 7) is 6.07. The molecule has 1 aliphatic heterocycles. The van der Waals surface area contributed by atoms with Crippen LogP contribution in [0.1, 0.15) is 5.69 Å². The van der Waals surface area contributed by atoms with E-state index in [0.29, 0.717) is 0 Å². The number of nitrogens with zero attached hydrogens (tertiary/aromatic N) is 4. The van der Waals surface area contributed by atoms with Gasteiger partial charge in [0.15, 0.2) is 0 Å². The van der Waals surface area contributed by atoms with E-state index in [4.69, 9.17) is 5.11 Å². The van der Waals surface area contributed by atoms with Crippen molar-refractivity contribution in [2.45, 2.75) is 6.54 Å². The van der Waals surface area contributed by atoms with Crippen molar-refractivity contribution in [1.82, 2.24) is 19.6 Å². The normalized spacial score (nSPS) is 17.2. The largest absolute Gasteiger partial charge is 0.395 e. The fourth-order valence-electron chi connectivity index (χ4n) is 2.71. The third-order valence-electron chi connectivity index (χ3n) is 3.93. The molecule has 5 heteroatoms. The zero-order chi connectivity index (χ0) is 14.5. The van der Waals surface area contributed by atoms with E-state index in [9.17, 15) is 0 Å². The Kier molecular flexibility index (Phi) is 4.65. The van der Waals surface area contributed by atoms with Crippen LogP contribution < -0.4 is 0 Å². The van der Waals surface area contributed by atoms with Crippen molar-refractivity contribution in [2.75, 3.05) is 39.3 Å². The summed E-state index contributed by atoms with van der Waals surface area (Å²) in [6, 6.07) is 12.3. The van der Waals surface area contributed by atoms with Crippen LogP contribution in [0.4, 0.5) is 0 Å². The Morgan fingerprint density at radius 2 is 1.67 bits per heavy atom. The highest BCUT2D eigenvalue weighted by Crippen LogP contribution is 2.10. The molecular weight excluding hydrogens is 264 g/mol. The van der Waals surface area contributed by atoms with Crippen molar-refractivity contribution in [3.63, 3.8) is 0 Å². The molecule has 5 nitrogen and oxygen atoms in total. The predicted molar refractivity (Wildman–Crippen MR) is 82.4 cm³/mol. The Labute approximate surface area is 125 Å². The molecule has 0 amide bonds. The summed E-state index contributed by atoms with van der Waals surface area (Å²) >= 11 is 0. The molecule has 0 aliphatic carbocycles. The first-order chi connectivity index (χ1) is 10.3. The number of aliphatic hydroxyl groups is 1. The summed E-state index contributed by atoms with van der Waals surface area (Å²) in [5.41, 5.74) is 2.20. The number of aromatic nitrogens is 2. The molecule has 1 fully saturated rings. The molecule has 21 heavy (non-hydrogen) atoms. The van der Waals surface area contributed by atoms with Gasteiger partial charge in [-0.15, -0.1) is 0 Å². The second-order valence-corrected chi connectivity index (χ2v) is 5.43. The Balaban J connectivity index is 1.56. The van der Waals surface area contributed by atoms with Crippen molar-refractivity contribution in [3.8, 4) is 5.69 Å². The van der Waals surface area contributed by atoms with Crippen molar-refractivity contribution in [1.29, 1.82) is 0 Å². The van der Waals surface area contributed by atoms with Crippen LogP contribution >= 0.6 is 0 Å². The lowest BCUT2D eigenvalue weighted by Crippen LogP contribution is -2.46. The van der Waals surface area contributed by atoms with Crippen LogP contribution in [0, 0.1) is 0 Å². The van der Waals surface area contributed by atoms with Crippen LogP contribution in [0.15, 0.2) is 42.6 Å². The van der Waals surface area contributed by atoms with Gasteiger partial charge < -0.3 is 5.11 Å². The van der Waals surface area contributed by atoms with Gasteiger partial charge in [0.2, 0.25) is 0 Å². The average Bonchev–Trinajstić information content (AvgIpc) is 2.99. The minimum absolute atomic E-state index is 0.251. The van der Waals surface area contributed by atoms with Crippen LogP contribution in [0.3, 0.4) is 0 Å². The van der Waals surface area contributed by atoms with Crippen LogP contribution in [0.2, 0.25) is 0 Å². The summed E-state index contributed by atoms with van der Waals surface area (Å²) in [5, 5.41) is 13.6. The molecule has 1 saturated heterocycles. The van der Waals surface area contributed by atoms with Gasteiger partial charge >= 0.3 is 0 Å². The zero-order valence-corrected chi connectivity index (χ0v) is 12.2. The van der Waals surface area contributed by atoms with Crippen LogP contribution in [-0.4, -0.2) is 64.0 Å². The number of aliphatic hydroxyl groups excluding tert-OH is 1. The van der Waals surface area contributed by atoms with Crippen molar-refractivity contribution in [2.24, 2.45) is 0 Å². The van der Waals surface area contributed by atoms with E-state index < -0.39 is 0 Å². The molecule has 0 atom stereocenters. The standard InChI is InChI=1S/C16H22N4O/c21-13-12-18-8-10-19(11-9-18)14-15-6-7-20(17-15)16-4-2-1-3-5-16/h1-7,21H,8-14H2.